The molecule has 1 aliphatic rings. The summed E-state index contributed by atoms with van der Waals surface area (Å²) >= 11 is 1.96. The first-order chi connectivity index (χ1) is 15.4. The highest BCUT2D eigenvalue weighted by atomic mass is 32.2. The predicted molar refractivity (Wildman–Crippen MR) is 126 cm³/mol. The largest absolute Gasteiger partial charge is 0.320 e. The second-order valence-corrected chi connectivity index (χ2v) is 9.02. The summed E-state index contributed by atoms with van der Waals surface area (Å²) < 4.78 is 15.6. The summed E-state index contributed by atoms with van der Waals surface area (Å²) in [6, 6.07) is 13.2. The molecule has 0 saturated carbocycles. The van der Waals surface area contributed by atoms with E-state index in [4.69, 9.17) is 0 Å². The van der Waals surface area contributed by atoms with Gasteiger partial charge in [0.25, 0.3) is 5.91 Å². The van der Waals surface area contributed by atoms with E-state index in [9.17, 15) is 14.0 Å². The van der Waals surface area contributed by atoms with Crippen LogP contribution < -0.4 is 10.7 Å². The molecule has 0 atom stereocenters. The molecule has 0 unspecified atom stereocenters. The fourth-order valence-corrected chi connectivity index (χ4v) is 4.72. The van der Waals surface area contributed by atoms with Gasteiger partial charge in [-0.25, -0.2) is 9.07 Å². The predicted octanol–water partition coefficient (Wildman–Crippen LogP) is 3.79. The first-order valence-electron chi connectivity index (χ1n) is 10.5. The molecular formula is C24H25FN4O2S. The number of nitrogens with one attached hydrogen (secondary N) is 1. The number of nitrogens with zero attached hydrogens (tertiary/aromatic N) is 3. The SMILES string of the molecule is Cc1c(CN2CCSCC2)cccc1NC(=O)c1nn(-c2ccccc2F)c(C)cc1=O. The van der Waals surface area contributed by atoms with Gasteiger partial charge in [0, 0.05) is 48.6 Å². The Labute approximate surface area is 190 Å². The van der Waals surface area contributed by atoms with Gasteiger partial charge in [-0.3, -0.25) is 14.5 Å². The second-order valence-electron chi connectivity index (χ2n) is 7.79. The van der Waals surface area contributed by atoms with Crippen LogP contribution in [0.1, 0.15) is 27.3 Å². The summed E-state index contributed by atoms with van der Waals surface area (Å²) in [6.07, 6.45) is 0. The number of aryl methyl sites for hydroxylation is 1. The molecule has 0 bridgehead atoms. The number of carbonyl (C=O) groups excluding carboxylic acids is 1. The lowest BCUT2D eigenvalue weighted by atomic mass is 10.1. The number of hydrogen-bond donors (Lipinski definition) is 1. The number of hydrogen-bond acceptors (Lipinski definition) is 5. The van der Waals surface area contributed by atoms with Crippen LogP contribution in [0.3, 0.4) is 0 Å². The summed E-state index contributed by atoms with van der Waals surface area (Å²) in [5.74, 6) is 1.15. The molecule has 1 fully saturated rings. The van der Waals surface area contributed by atoms with Crippen LogP contribution in [-0.2, 0) is 6.54 Å². The fraction of sp³-hybridized carbons (Fsp3) is 0.292. The highest BCUT2D eigenvalue weighted by Crippen LogP contribution is 2.22. The number of thioether (sulfide) groups is 1. The topological polar surface area (TPSA) is 67.2 Å². The number of rotatable bonds is 5. The van der Waals surface area contributed by atoms with Crippen LogP contribution in [0.15, 0.2) is 53.3 Å². The highest BCUT2D eigenvalue weighted by Gasteiger charge is 2.19. The number of carbonyl (C=O) groups is 1. The Hall–Kier alpha value is -2.97. The molecule has 1 saturated heterocycles. The van der Waals surface area contributed by atoms with Crippen molar-refractivity contribution in [2.45, 2.75) is 20.4 Å². The maximum atomic E-state index is 14.3. The van der Waals surface area contributed by atoms with Crippen molar-refractivity contribution in [2.24, 2.45) is 0 Å². The Morgan fingerprint density at radius 3 is 2.62 bits per heavy atom. The quantitative estimate of drug-likeness (QED) is 0.638. The number of halogens is 1. The third kappa shape index (κ3) is 4.76. The van der Waals surface area contributed by atoms with E-state index in [1.165, 1.54) is 16.8 Å². The third-order valence-electron chi connectivity index (χ3n) is 5.60. The van der Waals surface area contributed by atoms with Crippen molar-refractivity contribution in [3.63, 3.8) is 0 Å². The normalized spacial score (nSPS) is 14.3. The van der Waals surface area contributed by atoms with Crippen LogP contribution in [0.2, 0.25) is 0 Å². The number of benzene rings is 2. The highest BCUT2D eigenvalue weighted by molar-refractivity contribution is 7.99. The van der Waals surface area contributed by atoms with Gasteiger partial charge >= 0.3 is 0 Å². The Morgan fingerprint density at radius 1 is 1.12 bits per heavy atom. The molecule has 4 rings (SSSR count). The maximum absolute atomic E-state index is 14.3. The Balaban J connectivity index is 1.61. The minimum absolute atomic E-state index is 0.178. The summed E-state index contributed by atoms with van der Waals surface area (Å²) in [5.41, 5.74) is 2.56. The van der Waals surface area contributed by atoms with E-state index in [1.807, 2.05) is 30.8 Å². The molecule has 3 aromatic rings. The second kappa shape index (κ2) is 9.67. The number of anilines is 1. The zero-order valence-corrected chi connectivity index (χ0v) is 18.9. The molecule has 1 aromatic heterocycles. The van der Waals surface area contributed by atoms with Gasteiger partial charge < -0.3 is 5.32 Å². The summed E-state index contributed by atoms with van der Waals surface area (Å²) in [6.45, 7) is 6.52. The van der Waals surface area contributed by atoms with E-state index < -0.39 is 17.2 Å². The van der Waals surface area contributed by atoms with Crippen LogP contribution in [0.4, 0.5) is 10.1 Å². The van der Waals surface area contributed by atoms with Crippen LogP contribution in [0.25, 0.3) is 5.69 Å². The molecule has 2 aromatic carbocycles. The fourth-order valence-electron chi connectivity index (χ4n) is 3.74. The van der Waals surface area contributed by atoms with Gasteiger partial charge in [0.15, 0.2) is 5.69 Å². The average molecular weight is 453 g/mol. The molecular weight excluding hydrogens is 427 g/mol. The average Bonchev–Trinajstić information content (AvgIpc) is 2.78. The zero-order chi connectivity index (χ0) is 22.7. The first kappa shape index (κ1) is 22.2. The molecule has 6 nitrogen and oxygen atoms in total. The Bertz CT molecular complexity index is 1200. The molecule has 32 heavy (non-hydrogen) atoms. The minimum Gasteiger partial charge on any atom is -0.320 e. The molecule has 8 heteroatoms. The van der Waals surface area contributed by atoms with E-state index in [0.717, 1.165) is 42.3 Å². The van der Waals surface area contributed by atoms with E-state index in [-0.39, 0.29) is 11.4 Å². The van der Waals surface area contributed by atoms with Crippen molar-refractivity contribution in [1.29, 1.82) is 0 Å². The Kier molecular flexibility index (Phi) is 6.72. The molecule has 1 N–H and O–H groups in total. The van der Waals surface area contributed by atoms with Crippen molar-refractivity contribution in [2.75, 3.05) is 29.9 Å². The van der Waals surface area contributed by atoms with Crippen molar-refractivity contribution in [3.8, 4) is 5.69 Å². The smallest absolute Gasteiger partial charge is 0.280 e. The summed E-state index contributed by atoms with van der Waals surface area (Å²) in [4.78, 5) is 27.9. The molecule has 2 heterocycles. The molecule has 1 aliphatic heterocycles. The number of aromatic nitrogens is 2. The van der Waals surface area contributed by atoms with Gasteiger partial charge in [-0.05, 0) is 43.2 Å². The Morgan fingerprint density at radius 2 is 1.88 bits per heavy atom. The summed E-state index contributed by atoms with van der Waals surface area (Å²) in [7, 11) is 0. The maximum Gasteiger partial charge on any atom is 0.280 e. The van der Waals surface area contributed by atoms with E-state index in [0.29, 0.717) is 11.4 Å². The van der Waals surface area contributed by atoms with Crippen LogP contribution >= 0.6 is 11.8 Å². The van der Waals surface area contributed by atoms with E-state index in [2.05, 4.69) is 21.4 Å². The lowest BCUT2D eigenvalue weighted by Crippen LogP contribution is -2.32. The van der Waals surface area contributed by atoms with Gasteiger partial charge in [0.2, 0.25) is 5.43 Å². The standard InChI is InChI=1S/C24H25FN4O2S/c1-16-14-22(30)23(27-29(16)21-9-4-3-7-19(21)25)24(31)26-20-8-5-6-18(17(20)2)15-28-10-12-32-13-11-28/h3-9,14H,10-13,15H2,1-2H3,(H,26,31). The molecule has 0 aliphatic carbocycles. The molecule has 166 valence electrons. The number of amides is 1. The molecule has 1 amide bonds. The van der Waals surface area contributed by atoms with Crippen molar-refractivity contribution in [1.82, 2.24) is 14.7 Å². The third-order valence-corrected chi connectivity index (χ3v) is 6.54. The minimum atomic E-state index is -0.616. The zero-order valence-electron chi connectivity index (χ0n) is 18.1. The lowest BCUT2D eigenvalue weighted by Gasteiger charge is -2.27. The number of para-hydroxylation sites is 1. The van der Waals surface area contributed by atoms with Gasteiger partial charge in [-0.1, -0.05) is 24.3 Å². The van der Waals surface area contributed by atoms with Crippen LogP contribution in [-0.4, -0.2) is 45.2 Å². The molecule has 0 radical (unpaired) electrons. The van der Waals surface area contributed by atoms with Gasteiger partial charge in [0.1, 0.15) is 11.5 Å². The van der Waals surface area contributed by atoms with E-state index in [1.54, 1.807) is 25.1 Å². The monoisotopic (exact) mass is 452 g/mol. The molecule has 0 spiro atoms. The van der Waals surface area contributed by atoms with Crippen molar-refractivity contribution < 1.29 is 9.18 Å². The van der Waals surface area contributed by atoms with Crippen molar-refractivity contribution in [3.05, 3.63) is 87.1 Å². The first-order valence-corrected chi connectivity index (χ1v) is 11.7. The van der Waals surface area contributed by atoms with Gasteiger partial charge in [-0.2, -0.15) is 16.9 Å². The van der Waals surface area contributed by atoms with E-state index >= 15 is 0 Å². The van der Waals surface area contributed by atoms with Crippen LogP contribution in [0, 0.1) is 19.7 Å². The lowest BCUT2D eigenvalue weighted by molar-refractivity contribution is 0.101. The van der Waals surface area contributed by atoms with Crippen LogP contribution in [0.5, 0.6) is 0 Å². The summed E-state index contributed by atoms with van der Waals surface area (Å²) in [5, 5.41) is 7.01. The van der Waals surface area contributed by atoms with Gasteiger partial charge in [0.05, 0.1) is 0 Å². The van der Waals surface area contributed by atoms with Gasteiger partial charge in [-0.15, -0.1) is 0 Å². The van der Waals surface area contributed by atoms with Crippen molar-refractivity contribution >= 4 is 23.4 Å².